The standard InChI is InChI=1S/C17H15FN2O2S/c1-10(16(21)19-2)11-3-6-13(7-4-11)22-17-20-14-8-5-12(18)9-15(14)23-17/h3-10H,1-2H3,(H,19,21). The lowest BCUT2D eigenvalue weighted by molar-refractivity contribution is -0.121. The number of hydrogen-bond donors (Lipinski definition) is 1. The summed E-state index contributed by atoms with van der Waals surface area (Å²) in [6.45, 7) is 1.84. The van der Waals surface area contributed by atoms with Crippen LogP contribution in [0, 0.1) is 5.82 Å². The molecule has 0 aliphatic heterocycles. The van der Waals surface area contributed by atoms with E-state index in [1.54, 1.807) is 25.2 Å². The number of amides is 1. The lowest BCUT2D eigenvalue weighted by atomic mass is 10.0. The molecular formula is C17H15FN2O2S. The topological polar surface area (TPSA) is 51.2 Å². The molecule has 1 amide bonds. The Morgan fingerprint density at radius 3 is 2.70 bits per heavy atom. The molecular weight excluding hydrogens is 315 g/mol. The van der Waals surface area contributed by atoms with Gasteiger partial charge >= 0.3 is 0 Å². The van der Waals surface area contributed by atoms with Gasteiger partial charge in [-0.1, -0.05) is 23.5 Å². The van der Waals surface area contributed by atoms with Crippen LogP contribution in [0.4, 0.5) is 4.39 Å². The zero-order valence-electron chi connectivity index (χ0n) is 12.7. The Hall–Kier alpha value is -2.47. The lowest BCUT2D eigenvalue weighted by Crippen LogP contribution is -2.23. The monoisotopic (exact) mass is 330 g/mol. The number of hydrogen-bond acceptors (Lipinski definition) is 4. The first-order chi connectivity index (χ1) is 11.1. The van der Waals surface area contributed by atoms with E-state index in [2.05, 4.69) is 10.3 Å². The highest BCUT2D eigenvalue weighted by Crippen LogP contribution is 2.32. The molecule has 0 radical (unpaired) electrons. The molecule has 3 aromatic rings. The fourth-order valence-corrected chi connectivity index (χ4v) is 3.07. The average Bonchev–Trinajstić information content (AvgIpc) is 2.95. The summed E-state index contributed by atoms with van der Waals surface area (Å²) in [6, 6.07) is 11.7. The van der Waals surface area contributed by atoms with Crippen molar-refractivity contribution < 1.29 is 13.9 Å². The number of thiazole rings is 1. The van der Waals surface area contributed by atoms with Crippen LogP contribution in [-0.4, -0.2) is 17.9 Å². The molecule has 23 heavy (non-hydrogen) atoms. The van der Waals surface area contributed by atoms with E-state index >= 15 is 0 Å². The van der Waals surface area contributed by atoms with Crippen molar-refractivity contribution in [3.05, 3.63) is 53.8 Å². The fraction of sp³-hybridized carbons (Fsp3) is 0.176. The molecule has 0 saturated carbocycles. The predicted molar refractivity (Wildman–Crippen MR) is 88.6 cm³/mol. The minimum atomic E-state index is -0.291. The molecule has 4 nitrogen and oxygen atoms in total. The van der Waals surface area contributed by atoms with Crippen LogP contribution in [0.2, 0.25) is 0 Å². The Labute approximate surface area is 136 Å². The first-order valence-electron chi connectivity index (χ1n) is 7.12. The maximum atomic E-state index is 13.2. The summed E-state index contributed by atoms with van der Waals surface area (Å²) in [5, 5.41) is 3.08. The normalized spacial score (nSPS) is 12.1. The number of carbonyl (C=O) groups excluding carboxylic acids is 1. The first-order valence-corrected chi connectivity index (χ1v) is 7.94. The van der Waals surface area contributed by atoms with E-state index in [4.69, 9.17) is 4.74 Å². The number of likely N-dealkylation sites (N-methyl/N-ethyl adjacent to an activating group) is 1. The van der Waals surface area contributed by atoms with Gasteiger partial charge in [0.05, 0.1) is 16.1 Å². The smallest absolute Gasteiger partial charge is 0.279 e. The Bertz CT molecular complexity index is 845. The third kappa shape index (κ3) is 3.32. The molecule has 1 N–H and O–H groups in total. The van der Waals surface area contributed by atoms with Crippen molar-refractivity contribution in [2.24, 2.45) is 0 Å². The number of ether oxygens (including phenoxy) is 1. The van der Waals surface area contributed by atoms with Gasteiger partial charge < -0.3 is 10.1 Å². The highest BCUT2D eigenvalue weighted by atomic mass is 32.1. The maximum Gasteiger partial charge on any atom is 0.279 e. The maximum absolute atomic E-state index is 13.2. The number of carbonyl (C=O) groups is 1. The van der Waals surface area contributed by atoms with Gasteiger partial charge in [0.25, 0.3) is 5.19 Å². The van der Waals surface area contributed by atoms with Gasteiger partial charge in [0.1, 0.15) is 11.6 Å². The molecule has 1 unspecified atom stereocenters. The quantitative estimate of drug-likeness (QED) is 0.784. The zero-order valence-corrected chi connectivity index (χ0v) is 13.5. The molecule has 0 fully saturated rings. The van der Waals surface area contributed by atoms with Crippen molar-refractivity contribution in [3.8, 4) is 10.9 Å². The molecule has 3 rings (SSSR count). The van der Waals surface area contributed by atoms with Gasteiger partial charge in [-0.2, -0.15) is 0 Å². The highest BCUT2D eigenvalue weighted by molar-refractivity contribution is 7.20. The highest BCUT2D eigenvalue weighted by Gasteiger charge is 2.13. The van der Waals surface area contributed by atoms with Crippen LogP contribution >= 0.6 is 11.3 Å². The average molecular weight is 330 g/mol. The fourth-order valence-electron chi connectivity index (χ4n) is 2.21. The van der Waals surface area contributed by atoms with Gasteiger partial charge in [-0.3, -0.25) is 4.79 Å². The molecule has 1 aromatic heterocycles. The summed E-state index contributed by atoms with van der Waals surface area (Å²) >= 11 is 1.29. The van der Waals surface area contributed by atoms with Crippen molar-refractivity contribution in [3.63, 3.8) is 0 Å². The van der Waals surface area contributed by atoms with Crippen molar-refractivity contribution in [1.29, 1.82) is 0 Å². The van der Waals surface area contributed by atoms with Gasteiger partial charge in [0.15, 0.2) is 0 Å². The zero-order chi connectivity index (χ0) is 16.4. The number of rotatable bonds is 4. The number of aromatic nitrogens is 1. The summed E-state index contributed by atoms with van der Waals surface area (Å²) < 4.78 is 19.6. The second kappa shape index (κ2) is 6.34. The van der Waals surface area contributed by atoms with E-state index in [0.717, 1.165) is 10.3 Å². The molecule has 118 valence electrons. The molecule has 0 spiro atoms. The van der Waals surface area contributed by atoms with Gasteiger partial charge in [-0.15, -0.1) is 0 Å². The molecule has 0 aliphatic carbocycles. The Morgan fingerprint density at radius 2 is 2.00 bits per heavy atom. The van der Waals surface area contributed by atoms with E-state index in [1.165, 1.54) is 23.5 Å². The van der Waals surface area contributed by atoms with Crippen molar-refractivity contribution in [2.75, 3.05) is 7.05 Å². The minimum absolute atomic E-state index is 0.0353. The second-order valence-corrected chi connectivity index (χ2v) is 6.09. The third-order valence-electron chi connectivity index (χ3n) is 3.56. The largest absolute Gasteiger partial charge is 0.431 e. The van der Waals surface area contributed by atoms with E-state index < -0.39 is 0 Å². The SMILES string of the molecule is CNC(=O)C(C)c1ccc(Oc2nc3ccc(F)cc3s2)cc1. The summed E-state index contributed by atoms with van der Waals surface area (Å²) in [6.07, 6.45) is 0. The molecule has 0 aliphatic rings. The summed E-state index contributed by atoms with van der Waals surface area (Å²) in [4.78, 5) is 15.9. The molecule has 2 aromatic carbocycles. The van der Waals surface area contributed by atoms with Gasteiger partial charge in [0.2, 0.25) is 5.91 Å². The number of halogens is 1. The first kappa shape index (κ1) is 15.4. The third-order valence-corrected chi connectivity index (χ3v) is 4.45. The molecule has 0 bridgehead atoms. The van der Waals surface area contributed by atoms with Gasteiger partial charge in [-0.25, -0.2) is 9.37 Å². The minimum Gasteiger partial charge on any atom is -0.431 e. The number of nitrogens with zero attached hydrogens (tertiary/aromatic N) is 1. The lowest BCUT2D eigenvalue weighted by Gasteiger charge is -2.10. The van der Waals surface area contributed by atoms with Crippen molar-refractivity contribution in [2.45, 2.75) is 12.8 Å². The van der Waals surface area contributed by atoms with E-state index in [9.17, 15) is 9.18 Å². The number of benzene rings is 2. The molecule has 1 atom stereocenters. The van der Waals surface area contributed by atoms with E-state index in [0.29, 0.717) is 16.5 Å². The van der Waals surface area contributed by atoms with Crippen LogP contribution in [0.25, 0.3) is 10.2 Å². The summed E-state index contributed by atoms with van der Waals surface area (Å²) in [5.74, 6) is 0.0731. The predicted octanol–water partition coefficient (Wildman–Crippen LogP) is 4.08. The van der Waals surface area contributed by atoms with Crippen LogP contribution in [0.5, 0.6) is 10.9 Å². The Kier molecular flexibility index (Phi) is 4.25. The Balaban J connectivity index is 1.78. The van der Waals surface area contributed by atoms with E-state index in [-0.39, 0.29) is 17.6 Å². The van der Waals surface area contributed by atoms with Crippen molar-refractivity contribution in [1.82, 2.24) is 10.3 Å². The van der Waals surface area contributed by atoms with Gasteiger partial charge in [0, 0.05) is 7.05 Å². The van der Waals surface area contributed by atoms with Crippen LogP contribution in [0.3, 0.4) is 0 Å². The van der Waals surface area contributed by atoms with Crippen LogP contribution in [-0.2, 0) is 4.79 Å². The van der Waals surface area contributed by atoms with Gasteiger partial charge in [-0.05, 0) is 42.8 Å². The van der Waals surface area contributed by atoms with Crippen LogP contribution < -0.4 is 10.1 Å². The van der Waals surface area contributed by atoms with Crippen LogP contribution in [0.1, 0.15) is 18.4 Å². The van der Waals surface area contributed by atoms with Crippen LogP contribution in [0.15, 0.2) is 42.5 Å². The summed E-state index contributed by atoms with van der Waals surface area (Å²) in [7, 11) is 1.62. The number of fused-ring (bicyclic) bond motifs is 1. The number of nitrogens with one attached hydrogen (secondary N) is 1. The molecule has 1 heterocycles. The van der Waals surface area contributed by atoms with E-state index in [1.807, 2.05) is 19.1 Å². The van der Waals surface area contributed by atoms with Crippen molar-refractivity contribution >= 4 is 27.5 Å². The molecule has 6 heteroatoms. The summed E-state index contributed by atoms with van der Waals surface area (Å²) in [5.41, 5.74) is 1.61. The Morgan fingerprint density at radius 1 is 1.26 bits per heavy atom. The second-order valence-electron chi connectivity index (χ2n) is 5.10. The molecule has 0 saturated heterocycles.